The van der Waals surface area contributed by atoms with E-state index in [4.69, 9.17) is 0 Å². The van der Waals surface area contributed by atoms with Gasteiger partial charge in [-0.15, -0.1) is 0 Å². The number of nitrogens with one attached hydrogen (secondary N) is 1. The first-order valence-corrected chi connectivity index (χ1v) is 7.46. The largest absolute Gasteiger partial charge is 0.339 e. The van der Waals surface area contributed by atoms with Crippen LogP contribution in [0.1, 0.15) is 31.7 Å². The molecule has 3 rings (SSSR count). The maximum atomic E-state index is 13.8. The molecule has 1 aliphatic carbocycles. The van der Waals surface area contributed by atoms with Crippen LogP contribution in [0.4, 0.5) is 8.78 Å². The first-order chi connectivity index (χ1) is 9.97. The Labute approximate surface area is 123 Å². The number of nitrogens with zero attached hydrogens (tertiary/aromatic N) is 1. The smallest absolute Gasteiger partial charge is 0.226 e. The van der Waals surface area contributed by atoms with Crippen LogP contribution in [0, 0.1) is 17.6 Å². The Morgan fingerprint density at radius 1 is 1.24 bits per heavy atom. The maximum Gasteiger partial charge on any atom is 0.226 e. The number of amides is 1. The van der Waals surface area contributed by atoms with Crippen LogP contribution in [0.3, 0.4) is 0 Å². The van der Waals surface area contributed by atoms with Gasteiger partial charge in [0, 0.05) is 31.1 Å². The third-order valence-corrected chi connectivity index (χ3v) is 4.36. The SMILES string of the molecule is C[C@@H]1CN(C(=O)[C@@H]2C[C@@H]2c2cccc(F)c2F)C[C@H](C)N1. The first-order valence-electron chi connectivity index (χ1n) is 7.46. The summed E-state index contributed by atoms with van der Waals surface area (Å²) >= 11 is 0. The molecule has 1 aromatic carbocycles. The fourth-order valence-electron chi connectivity index (χ4n) is 3.36. The van der Waals surface area contributed by atoms with Crippen LogP contribution < -0.4 is 5.32 Å². The van der Waals surface area contributed by atoms with Crippen molar-refractivity contribution in [2.75, 3.05) is 13.1 Å². The number of carbonyl (C=O) groups excluding carboxylic acids is 1. The molecule has 21 heavy (non-hydrogen) atoms. The Morgan fingerprint density at radius 3 is 2.57 bits per heavy atom. The van der Waals surface area contributed by atoms with E-state index in [9.17, 15) is 13.6 Å². The van der Waals surface area contributed by atoms with Crippen molar-refractivity contribution in [2.24, 2.45) is 5.92 Å². The molecular formula is C16H20F2N2O. The molecule has 1 amide bonds. The van der Waals surface area contributed by atoms with Gasteiger partial charge in [-0.05, 0) is 37.8 Å². The normalized spacial score (nSPS) is 32.1. The van der Waals surface area contributed by atoms with Crippen molar-refractivity contribution in [2.45, 2.75) is 38.3 Å². The fraction of sp³-hybridized carbons (Fsp3) is 0.562. The van der Waals surface area contributed by atoms with E-state index in [1.54, 1.807) is 6.07 Å². The van der Waals surface area contributed by atoms with E-state index in [-0.39, 0.29) is 29.8 Å². The quantitative estimate of drug-likeness (QED) is 0.907. The molecule has 1 aromatic rings. The van der Waals surface area contributed by atoms with Gasteiger partial charge in [-0.2, -0.15) is 0 Å². The minimum absolute atomic E-state index is 0.0730. The summed E-state index contributed by atoms with van der Waals surface area (Å²) in [7, 11) is 0. The van der Waals surface area contributed by atoms with Gasteiger partial charge in [-0.1, -0.05) is 12.1 Å². The third kappa shape index (κ3) is 2.79. The summed E-state index contributed by atoms with van der Waals surface area (Å²) in [5.41, 5.74) is 0.338. The summed E-state index contributed by atoms with van der Waals surface area (Å²) in [5.74, 6) is -1.94. The van der Waals surface area contributed by atoms with Crippen molar-refractivity contribution in [3.63, 3.8) is 0 Å². The molecule has 1 N–H and O–H groups in total. The predicted octanol–water partition coefficient (Wildman–Crippen LogP) is 2.28. The van der Waals surface area contributed by atoms with E-state index in [1.165, 1.54) is 6.07 Å². The van der Waals surface area contributed by atoms with E-state index < -0.39 is 11.6 Å². The molecule has 3 nitrogen and oxygen atoms in total. The van der Waals surface area contributed by atoms with Crippen molar-refractivity contribution >= 4 is 5.91 Å². The summed E-state index contributed by atoms with van der Waals surface area (Å²) in [6.45, 7) is 5.45. The molecule has 114 valence electrons. The first kappa shape index (κ1) is 14.4. The number of benzene rings is 1. The van der Waals surface area contributed by atoms with Gasteiger partial charge in [0.2, 0.25) is 5.91 Å². The predicted molar refractivity (Wildman–Crippen MR) is 75.8 cm³/mol. The zero-order valence-corrected chi connectivity index (χ0v) is 12.3. The van der Waals surface area contributed by atoms with E-state index in [0.717, 1.165) is 6.07 Å². The second-order valence-corrected chi connectivity index (χ2v) is 6.30. The van der Waals surface area contributed by atoms with Crippen LogP contribution in [0.5, 0.6) is 0 Å². The van der Waals surface area contributed by atoms with Crippen molar-refractivity contribution in [1.29, 1.82) is 0 Å². The lowest BCUT2D eigenvalue weighted by Gasteiger charge is -2.36. The molecule has 1 aliphatic heterocycles. The van der Waals surface area contributed by atoms with Crippen LogP contribution in [-0.2, 0) is 4.79 Å². The van der Waals surface area contributed by atoms with Gasteiger partial charge < -0.3 is 10.2 Å². The Kier molecular flexibility index (Phi) is 3.69. The van der Waals surface area contributed by atoms with Crippen LogP contribution in [0.25, 0.3) is 0 Å². The van der Waals surface area contributed by atoms with Gasteiger partial charge in [-0.3, -0.25) is 4.79 Å². The van der Waals surface area contributed by atoms with Crippen molar-refractivity contribution in [3.05, 3.63) is 35.4 Å². The summed E-state index contributed by atoms with van der Waals surface area (Å²) in [6, 6.07) is 4.72. The molecule has 2 fully saturated rings. The topological polar surface area (TPSA) is 32.3 Å². The molecule has 5 heteroatoms. The Bertz CT molecular complexity index is 553. The average Bonchev–Trinajstić information content (AvgIpc) is 3.20. The molecule has 0 unspecified atom stereocenters. The third-order valence-electron chi connectivity index (χ3n) is 4.36. The van der Waals surface area contributed by atoms with Gasteiger partial charge in [0.15, 0.2) is 11.6 Å². The highest BCUT2D eigenvalue weighted by Gasteiger charge is 2.47. The van der Waals surface area contributed by atoms with Gasteiger partial charge in [0.05, 0.1) is 0 Å². The fourth-order valence-corrected chi connectivity index (χ4v) is 3.36. The van der Waals surface area contributed by atoms with E-state index in [2.05, 4.69) is 5.32 Å². The lowest BCUT2D eigenvalue weighted by atomic mass is 10.1. The lowest BCUT2D eigenvalue weighted by Crippen LogP contribution is -2.56. The second kappa shape index (κ2) is 5.37. The van der Waals surface area contributed by atoms with Crippen molar-refractivity contribution < 1.29 is 13.6 Å². The summed E-state index contributed by atoms with van der Waals surface area (Å²) < 4.78 is 27.1. The zero-order valence-electron chi connectivity index (χ0n) is 12.3. The number of hydrogen-bond acceptors (Lipinski definition) is 2. The van der Waals surface area contributed by atoms with Gasteiger partial charge in [-0.25, -0.2) is 8.78 Å². The molecule has 4 atom stereocenters. The molecule has 1 heterocycles. The molecule has 1 saturated heterocycles. The molecule has 0 spiro atoms. The molecule has 0 bridgehead atoms. The highest BCUT2D eigenvalue weighted by Crippen LogP contribution is 2.49. The Hall–Kier alpha value is -1.49. The highest BCUT2D eigenvalue weighted by molar-refractivity contribution is 5.83. The maximum absolute atomic E-state index is 13.8. The van der Waals surface area contributed by atoms with Crippen LogP contribution in [0.15, 0.2) is 18.2 Å². The second-order valence-electron chi connectivity index (χ2n) is 6.30. The number of halogens is 2. The number of hydrogen-bond donors (Lipinski definition) is 1. The number of piperazine rings is 1. The standard InChI is InChI=1S/C16H20F2N2O/c1-9-7-20(8-10(2)19-9)16(21)13-6-12(13)11-4-3-5-14(17)15(11)18/h3-5,9-10,12-13,19H,6-8H2,1-2H3/t9-,10+,12-,13-/m1/s1. The zero-order chi connectivity index (χ0) is 15.1. The van der Waals surface area contributed by atoms with Crippen molar-refractivity contribution in [3.8, 4) is 0 Å². The summed E-state index contributed by atoms with van der Waals surface area (Å²) in [4.78, 5) is 14.4. The molecular weight excluding hydrogens is 274 g/mol. The Morgan fingerprint density at radius 2 is 1.90 bits per heavy atom. The number of rotatable bonds is 2. The van der Waals surface area contributed by atoms with Gasteiger partial charge >= 0.3 is 0 Å². The number of carbonyl (C=O) groups is 1. The average molecular weight is 294 g/mol. The van der Waals surface area contributed by atoms with Gasteiger partial charge in [0.1, 0.15) is 0 Å². The van der Waals surface area contributed by atoms with E-state index in [1.807, 2.05) is 18.7 Å². The van der Waals surface area contributed by atoms with E-state index in [0.29, 0.717) is 25.1 Å². The minimum Gasteiger partial charge on any atom is -0.339 e. The highest BCUT2D eigenvalue weighted by atomic mass is 19.2. The minimum atomic E-state index is -0.838. The van der Waals surface area contributed by atoms with E-state index >= 15 is 0 Å². The van der Waals surface area contributed by atoms with Gasteiger partial charge in [0.25, 0.3) is 0 Å². The molecule has 2 aliphatic rings. The lowest BCUT2D eigenvalue weighted by molar-refractivity contribution is -0.134. The summed E-state index contributed by atoms with van der Waals surface area (Å²) in [6.07, 6.45) is 0.617. The monoisotopic (exact) mass is 294 g/mol. The van der Waals surface area contributed by atoms with Crippen molar-refractivity contribution in [1.82, 2.24) is 10.2 Å². The van der Waals surface area contributed by atoms with Crippen LogP contribution in [0.2, 0.25) is 0 Å². The molecule has 0 radical (unpaired) electrons. The summed E-state index contributed by atoms with van der Waals surface area (Å²) in [5, 5.41) is 3.38. The Balaban J connectivity index is 1.70. The molecule has 1 saturated carbocycles. The van der Waals surface area contributed by atoms with Crippen LogP contribution >= 0.6 is 0 Å². The van der Waals surface area contributed by atoms with Crippen LogP contribution in [-0.4, -0.2) is 36.0 Å². The molecule has 0 aromatic heterocycles.